The van der Waals surface area contributed by atoms with E-state index in [1.807, 2.05) is 5.38 Å². The first-order valence-corrected chi connectivity index (χ1v) is 8.57. The second-order valence-corrected chi connectivity index (χ2v) is 6.82. The number of thiazole rings is 1. The molecule has 0 saturated carbocycles. The van der Waals surface area contributed by atoms with E-state index in [1.54, 1.807) is 11.3 Å². The molecule has 0 spiro atoms. The van der Waals surface area contributed by atoms with Crippen molar-refractivity contribution in [3.05, 3.63) is 45.1 Å². The van der Waals surface area contributed by atoms with Crippen LogP contribution >= 0.6 is 22.9 Å². The lowest BCUT2D eigenvalue weighted by molar-refractivity contribution is 0.277. The van der Waals surface area contributed by atoms with Gasteiger partial charge in [-0.2, -0.15) is 0 Å². The van der Waals surface area contributed by atoms with Gasteiger partial charge in [0.1, 0.15) is 0 Å². The van der Waals surface area contributed by atoms with Crippen molar-refractivity contribution in [1.82, 2.24) is 9.97 Å². The molecule has 22 heavy (non-hydrogen) atoms. The Morgan fingerprint density at radius 1 is 1.45 bits per heavy atom. The van der Waals surface area contributed by atoms with E-state index in [1.165, 1.54) is 16.5 Å². The predicted molar refractivity (Wildman–Crippen MR) is 90.3 cm³/mol. The van der Waals surface area contributed by atoms with Gasteiger partial charge in [-0.3, -0.25) is 0 Å². The predicted octanol–water partition coefficient (Wildman–Crippen LogP) is 1.61. The number of allylic oxidation sites excluding steroid dienone is 2. The maximum absolute atomic E-state index is 9.18. The summed E-state index contributed by atoms with van der Waals surface area (Å²) in [4.78, 5) is 10.3. The Kier molecular flexibility index (Phi) is 3.56. The lowest BCUT2D eigenvalue weighted by atomic mass is 10.1. The van der Waals surface area contributed by atoms with Gasteiger partial charge < -0.3 is 15.0 Å². The molecule has 0 fully saturated rings. The Morgan fingerprint density at radius 3 is 3.18 bits per heavy atom. The molecule has 2 aliphatic rings. The van der Waals surface area contributed by atoms with Crippen molar-refractivity contribution < 1.29 is 5.11 Å². The normalized spacial score (nSPS) is 17.0. The van der Waals surface area contributed by atoms with Crippen molar-refractivity contribution in [3.8, 4) is 0 Å². The molecule has 6 heteroatoms. The fourth-order valence-electron chi connectivity index (χ4n) is 3.03. The third-order valence-corrected chi connectivity index (χ3v) is 5.45. The van der Waals surface area contributed by atoms with Crippen molar-refractivity contribution in [2.75, 3.05) is 11.4 Å². The topological polar surface area (TPSA) is 52.1 Å². The fraction of sp³-hybridized carbons (Fsp3) is 0.312. The van der Waals surface area contributed by atoms with Gasteiger partial charge in [0, 0.05) is 52.8 Å². The van der Waals surface area contributed by atoms with Gasteiger partial charge in [-0.25, -0.2) is 4.98 Å². The van der Waals surface area contributed by atoms with Crippen molar-refractivity contribution in [1.29, 1.82) is 0 Å². The molecule has 4 nitrogen and oxygen atoms in total. The highest BCUT2D eigenvalue weighted by atomic mass is 35.5. The van der Waals surface area contributed by atoms with Crippen LogP contribution in [0.1, 0.15) is 23.4 Å². The molecule has 114 valence electrons. The minimum atomic E-state index is -0.00170. The van der Waals surface area contributed by atoms with Gasteiger partial charge in [0.05, 0.1) is 17.6 Å². The summed E-state index contributed by atoms with van der Waals surface area (Å²) < 4.78 is 0. The largest absolute Gasteiger partial charge is 0.390 e. The summed E-state index contributed by atoms with van der Waals surface area (Å²) in [7, 11) is 0. The summed E-state index contributed by atoms with van der Waals surface area (Å²) >= 11 is 8.00. The van der Waals surface area contributed by atoms with Gasteiger partial charge in [0.25, 0.3) is 0 Å². The van der Waals surface area contributed by atoms with E-state index in [-0.39, 0.29) is 6.61 Å². The first-order chi connectivity index (χ1) is 10.8. The summed E-state index contributed by atoms with van der Waals surface area (Å²) in [5, 5.41) is 15.2. The Labute approximate surface area is 137 Å². The summed E-state index contributed by atoms with van der Waals surface area (Å²) in [5.74, 6) is 0. The number of aliphatic hydroxyl groups is 1. The number of nitrogens with one attached hydrogen (secondary N) is 1. The number of hydrogen-bond donors (Lipinski definition) is 2. The lowest BCUT2D eigenvalue weighted by Crippen LogP contribution is -2.34. The van der Waals surface area contributed by atoms with E-state index in [0.717, 1.165) is 47.1 Å². The molecule has 0 radical (unpaired) electrons. The van der Waals surface area contributed by atoms with Gasteiger partial charge >= 0.3 is 0 Å². The van der Waals surface area contributed by atoms with E-state index >= 15 is 0 Å². The first kappa shape index (κ1) is 14.1. The van der Waals surface area contributed by atoms with Gasteiger partial charge in [-0.15, -0.1) is 11.3 Å². The zero-order chi connectivity index (χ0) is 15.1. The van der Waals surface area contributed by atoms with Gasteiger partial charge in [0.15, 0.2) is 5.13 Å². The van der Waals surface area contributed by atoms with Crippen LogP contribution in [0.3, 0.4) is 0 Å². The fourth-order valence-corrected chi connectivity index (χ4v) is 4.11. The highest BCUT2D eigenvalue weighted by Crippen LogP contribution is 2.25. The second-order valence-electron chi connectivity index (χ2n) is 5.53. The number of anilines is 1. The van der Waals surface area contributed by atoms with Crippen LogP contribution in [0.15, 0.2) is 17.5 Å². The minimum Gasteiger partial charge on any atom is -0.390 e. The van der Waals surface area contributed by atoms with Crippen LogP contribution in [0.5, 0.6) is 0 Å². The van der Waals surface area contributed by atoms with Crippen molar-refractivity contribution in [3.63, 3.8) is 0 Å². The Morgan fingerprint density at radius 2 is 2.36 bits per heavy atom. The molecule has 1 aliphatic carbocycles. The summed E-state index contributed by atoms with van der Waals surface area (Å²) in [6.45, 7) is 1.75. The van der Waals surface area contributed by atoms with E-state index < -0.39 is 0 Å². The van der Waals surface area contributed by atoms with E-state index in [9.17, 15) is 5.11 Å². The summed E-state index contributed by atoms with van der Waals surface area (Å²) in [6, 6.07) is 0. The highest BCUT2D eigenvalue weighted by Gasteiger charge is 2.22. The second kappa shape index (κ2) is 5.57. The number of aliphatic hydroxyl groups excluding tert-OH is 1. The molecule has 0 saturated heterocycles. The van der Waals surface area contributed by atoms with Crippen LogP contribution in [0.4, 0.5) is 5.13 Å². The molecule has 2 aromatic heterocycles. The van der Waals surface area contributed by atoms with Crippen LogP contribution < -0.4 is 15.5 Å². The third-order valence-electron chi connectivity index (χ3n) is 4.15. The number of fused-ring (bicyclic) bond motifs is 3. The van der Waals surface area contributed by atoms with E-state index in [4.69, 9.17) is 11.6 Å². The van der Waals surface area contributed by atoms with Crippen LogP contribution in [-0.2, 0) is 19.6 Å². The number of rotatable bonds is 2. The number of aromatic amines is 1. The molecule has 4 rings (SSSR count). The zero-order valence-corrected chi connectivity index (χ0v) is 13.5. The molecular formula is C16H16ClN3OS. The zero-order valence-electron chi connectivity index (χ0n) is 12.0. The van der Waals surface area contributed by atoms with Crippen LogP contribution in [0.25, 0.3) is 11.1 Å². The van der Waals surface area contributed by atoms with E-state index in [0.29, 0.717) is 0 Å². The molecule has 0 amide bonds. The molecule has 1 aliphatic heterocycles. The number of aromatic nitrogens is 2. The molecule has 0 unspecified atom stereocenters. The monoisotopic (exact) mass is 333 g/mol. The number of halogens is 1. The molecule has 0 aromatic carbocycles. The Balaban J connectivity index is 1.76. The van der Waals surface area contributed by atoms with Crippen molar-refractivity contribution >= 4 is 39.2 Å². The molecular weight excluding hydrogens is 318 g/mol. The van der Waals surface area contributed by atoms with E-state index in [2.05, 4.69) is 33.1 Å². The Bertz CT molecular complexity index is 865. The molecule has 2 aromatic rings. The first-order valence-electron chi connectivity index (χ1n) is 7.31. The average molecular weight is 334 g/mol. The van der Waals surface area contributed by atoms with Crippen LogP contribution in [0, 0.1) is 0 Å². The molecule has 0 atom stereocenters. The SMILES string of the molecule is OCc1csc(N2CCc3[nH]c4c(c3C2)=CC=CCC=4Cl)n1. The Hall–Kier alpha value is -1.56. The third kappa shape index (κ3) is 2.29. The molecule has 0 bridgehead atoms. The summed E-state index contributed by atoms with van der Waals surface area (Å²) in [6.07, 6.45) is 8.04. The van der Waals surface area contributed by atoms with Crippen LogP contribution in [0.2, 0.25) is 0 Å². The maximum Gasteiger partial charge on any atom is 0.185 e. The number of nitrogens with zero attached hydrogens (tertiary/aromatic N) is 2. The van der Waals surface area contributed by atoms with Crippen molar-refractivity contribution in [2.45, 2.75) is 26.0 Å². The van der Waals surface area contributed by atoms with Crippen molar-refractivity contribution in [2.24, 2.45) is 0 Å². The summed E-state index contributed by atoms with van der Waals surface area (Å²) in [5.41, 5.74) is 3.33. The minimum absolute atomic E-state index is 0.00170. The molecule has 3 heterocycles. The maximum atomic E-state index is 9.18. The number of hydrogen-bond acceptors (Lipinski definition) is 4. The number of H-pyrrole nitrogens is 1. The standard InChI is InChI=1S/C16H16ClN3OS/c17-13-4-2-1-3-11-12-7-20(6-5-14(12)19-15(11)13)16-18-10(8-21)9-22-16/h1-3,9,19,21H,4-8H2. The average Bonchev–Trinajstić information content (AvgIpc) is 3.11. The molecule has 2 N–H and O–H groups in total. The van der Waals surface area contributed by atoms with Crippen LogP contribution in [-0.4, -0.2) is 21.6 Å². The quantitative estimate of drug-likeness (QED) is 0.878. The van der Waals surface area contributed by atoms with Gasteiger partial charge in [-0.05, 0) is 0 Å². The lowest BCUT2D eigenvalue weighted by Gasteiger charge is -2.26. The smallest absolute Gasteiger partial charge is 0.185 e. The van der Waals surface area contributed by atoms with Gasteiger partial charge in [0.2, 0.25) is 0 Å². The van der Waals surface area contributed by atoms with Gasteiger partial charge in [-0.1, -0.05) is 29.8 Å². The highest BCUT2D eigenvalue weighted by molar-refractivity contribution is 7.13.